The largest absolute Gasteiger partial charge is 0.321 e. The van der Waals surface area contributed by atoms with E-state index in [-0.39, 0.29) is 11.1 Å². The number of hydrogen-bond donors (Lipinski definition) is 1. The monoisotopic (exact) mass is 400 g/mol. The minimum Gasteiger partial charge on any atom is -0.321 e. The average molecular weight is 401 g/mol. The van der Waals surface area contributed by atoms with Crippen molar-refractivity contribution in [3.8, 4) is 28.5 Å². The number of aromatic amines is 1. The summed E-state index contributed by atoms with van der Waals surface area (Å²) in [6, 6.07) is 25.6. The van der Waals surface area contributed by atoms with Gasteiger partial charge in [0.2, 0.25) is 0 Å². The summed E-state index contributed by atoms with van der Waals surface area (Å²) < 4.78 is 0.944. The molecule has 0 spiro atoms. The molecule has 0 aliphatic rings. The van der Waals surface area contributed by atoms with Crippen molar-refractivity contribution in [2.45, 2.75) is 0 Å². The fourth-order valence-electron chi connectivity index (χ4n) is 3.04. The highest BCUT2D eigenvalue weighted by atomic mass is 79.9. The quantitative estimate of drug-likeness (QED) is 0.483. The zero-order valence-electron chi connectivity index (χ0n) is 13.7. The van der Waals surface area contributed by atoms with E-state index in [0.717, 1.165) is 26.4 Å². The molecule has 3 nitrogen and oxygen atoms in total. The van der Waals surface area contributed by atoms with E-state index in [1.807, 2.05) is 78.9 Å². The average Bonchev–Trinajstić information content (AvgIpc) is 2.67. The van der Waals surface area contributed by atoms with Crippen LogP contribution in [0.1, 0.15) is 5.56 Å². The Balaban J connectivity index is 1.93. The van der Waals surface area contributed by atoms with Crippen LogP contribution in [0, 0.1) is 11.3 Å². The summed E-state index contributed by atoms with van der Waals surface area (Å²) in [5.41, 5.74) is 2.80. The first kappa shape index (κ1) is 16.3. The van der Waals surface area contributed by atoms with Crippen molar-refractivity contribution in [3.63, 3.8) is 0 Å². The molecule has 4 aromatic rings. The second-order valence-corrected chi connectivity index (χ2v) is 6.90. The topological polar surface area (TPSA) is 56.6 Å². The molecule has 1 N–H and O–H groups in total. The number of halogens is 1. The van der Waals surface area contributed by atoms with Crippen LogP contribution in [-0.2, 0) is 0 Å². The third-order valence-corrected chi connectivity index (χ3v) is 4.89. The van der Waals surface area contributed by atoms with Gasteiger partial charge in [0, 0.05) is 15.7 Å². The van der Waals surface area contributed by atoms with Gasteiger partial charge in [0.15, 0.2) is 0 Å². The fraction of sp³-hybridized carbons (Fsp3) is 0. The van der Waals surface area contributed by atoms with Gasteiger partial charge in [-0.05, 0) is 46.2 Å². The maximum absolute atomic E-state index is 12.5. The molecule has 1 heterocycles. The van der Waals surface area contributed by atoms with Crippen molar-refractivity contribution in [3.05, 3.63) is 93.2 Å². The highest BCUT2D eigenvalue weighted by molar-refractivity contribution is 9.10. The molecule has 4 heteroatoms. The van der Waals surface area contributed by atoms with Crippen molar-refractivity contribution < 1.29 is 0 Å². The number of nitrogens with zero attached hydrogens (tertiary/aromatic N) is 1. The maximum Gasteiger partial charge on any atom is 0.266 e. The Kier molecular flexibility index (Phi) is 4.16. The maximum atomic E-state index is 12.5. The molecule has 0 atom stereocenters. The summed E-state index contributed by atoms with van der Waals surface area (Å²) in [6.07, 6.45) is 0. The summed E-state index contributed by atoms with van der Waals surface area (Å²) in [6.45, 7) is 0. The number of H-pyrrole nitrogens is 1. The van der Waals surface area contributed by atoms with Crippen molar-refractivity contribution in [2.75, 3.05) is 0 Å². The van der Waals surface area contributed by atoms with Gasteiger partial charge in [-0.2, -0.15) is 5.26 Å². The highest BCUT2D eigenvalue weighted by Crippen LogP contribution is 2.28. The minimum absolute atomic E-state index is 0.122. The van der Waals surface area contributed by atoms with Crippen molar-refractivity contribution in [2.24, 2.45) is 0 Å². The molecule has 0 aliphatic carbocycles. The third-order valence-electron chi connectivity index (χ3n) is 4.36. The Morgan fingerprint density at radius 2 is 1.54 bits per heavy atom. The van der Waals surface area contributed by atoms with Crippen LogP contribution in [0.3, 0.4) is 0 Å². The van der Waals surface area contributed by atoms with Gasteiger partial charge in [-0.1, -0.05) is 64.5 Å². The lowest BCUT2D eigenvalue weighted by Gasteiger charge is -2.09. The third kappa shape index (κ3) is 2.94. The van der Waals surface area contributed by atoms with Crippen LogP contribution in [0.2, 0.25) is 0 Å². The molecule has 26 heavy (non-hydrogen) atoms. The van der Waals surface area contributed by atoms with Crippen LogP contribution < -0.4 is 5.56 Å². The molecule has 0 fully saturated rings. The number of benzene rings is 3. The molecule has 0 radical (unpaired) electrons. The van der Waals surface area contributed by atoms with Gasteiger partial charge in [-0.25, -0.2) is 0 Å². The number of hydrogen-bond acceptors (Lipinski definition) is 2. The summed E-state index contributed by atoms with van der Waals surface area (Å²) in [5, 5.41) is 11.7. The van der Waals surface area contributed by atoms with Crippen LogP contribution >= 0.6 is 15.9 Å². The van der Waals surface area contributed by atoms with Crippen molar-refractivity contribution in [1.82, 2.24) is 4.98 Å². The molecule has 0 amide bonds. The van der Waals surface area contributed by atoms with E-state index < -0.39 is 0 Å². The molecular weight excluding hydrogens is 388 g/mol. The number of nitrogens with one attached hydrogen (secondary N) is 1. The molecule has 4 rings (SSSR count). The van der Waals surface area contributed by atoms with E-state index in [2.05, 4.69) is 20.9 Å². The lowest BCUT2D eigenvalue weighted by atomic mass is 9.98. The Bertz CT molecular complexity index is 1220. The smallest absolute Gasteiger partial charge is 0.266 e. The van der Waals surface area contributed by atoms with Gasteiger partial charge in [0.05, 0.1) is 0 Å². The van der Waals surface area contributed by atoms with Gasteiger partial charge in [-0.3, -0.25) is 4.79 Å². The first-order valence-electron chi connectivity index (χ1n) is 8.08. The van der Waals surface area contributed by atoms with Crippen LogP contribution in [0.25, 0.3) is 33.2 Å². The normalized spacial score (nSPS) is 10.6. The molecule has 0 saturated carbocycles. The van der Waals surface area contributed by atoms with E-state index in [1.165, 1.54) is 0 Å². The molecule has 1 aromatic heterocycles. The van der Waals surface area contributed by atoms with Gasteiger partial charge < -0.3 is 4.98 Å². The van der Waals surface area contributed by atoms with Gasteiger partial charge in [-0.15, -0.1) is 0 Å². The fourth-order valence-corrected chi connectivity index (χ4v) is 3.30. The van der Waals surface area contributed by atoms with Crippen LogP contribution in [0.4, 0.5) is 0 Å². The lowest BCUT2D eigenvalue weighted by Crippen LogP contribution is -2.12. The van der Waals surface area contributed by atoms with E-state index in [0.29, 0.717) is 11.3 Å². The number of pyridine rings is 1. The lowest BCUT2D eigenvalue weighted by molar-refractivity contribution is 1.22. The highest BCUT2D eigenvalue weighted by Gasteiger charge is 2.12. The van der Waals surface area contributed by atoms with E-state index >= 15 is 0 Å². The SMILES string of the molecule is N#Cc1c(-c2ccc(Br)cc2)cc(-c2ccc3ccccc3c2)[nH]c1=O. The van der Waals surface area contributed by atoms with Crippen molar-refractivity contribution in [1.29, 1.82) is 5.26 Å². The number of fused-ring (bicyclic) bond motifs is 1. The summed E-state index contributed by atoms with van der Waals surface area (Å²) >= 11 is 3.41. The van der Waals surface area contributed by atoms with E-state index in [4.69, 9.17) is 0 Å². The first-order valence-corrected chi connectivity index (χ1v) is 8.87. The summed E-state index contributed by atoms with van der Waals surface area (Å²) in [5.74, 6) is 0. The zero-order chi connectivity index (χ0) is 18.1. The number of rotatable bonds is 2. The van der Waals surface area contributed by atoms with E-state index in [1.54, 1.807) is 0 Å². The Morgan fingerprint density at radius 3 is 2.27 bits per heavy atom. The second kappa shape index (κ2) is 6.62. The second-order valence-electron chi connectivity index (χ2n) is 5.98. The Labute approximate surface area is 158 Å². The standard InChI is InChI=1S/C22H13BrN2O/c23-18-9-7-15(8-10-18)19-12-21(25-22(26)20(19)13-24)17-6-5-14-3-1-2-4-16(14)11-17/h1-12H,(H,25,26). The molecule has 0 unspecified atom stereocenters. The molecular formula is C22H13BrN2O. The first-order chi connectivity index (χ1) is 12.7. The predicted octanol–water partition coefficient (Wildman–Crippen LogP) is 5.50. The summed E-state index contributed by atoms with van der Waals surface area (Å²) in [7, 11) is 0. The number of aromatic nitrogens is 1. The molecule has 124 valence electrons. The van der Waals surface area contributed by atoms with Gasteiger partial charge in [0.25, 0.3) is 5.56 Å². The van der Waals surface area contributed by atoms with Gasteiger partial charge in [0.1, 0.15) is 11.6 Å². The summed E-state index contributed by atoms with van der Waals surface area (Å²) in [4.78, 5) is 15.3. The van der Waals surface area contributed by atoms with Crippen LogP contribution in [-0.4, -0.2) is 4.98 Å². The molecule has 3 aromatic carbocycles. The van der Waals surface area contributed by atoms with Crippen LogP contribution in [0.15, 0.2) is 82.1 Å². The molecule has 0 saturated heterocycles. The Morgan fingerprint density at radius 1 is 0.846 bits per heavy atom. The van der Waals surface area contributed by atoms with Crippen molar-refractivity contribution >= 4 is 26.7 Å². The molecule has 0 aliphatic heterocycles. The zero-order valence-corrected chi connectivity index (χ0v) is 15.2. The van der Waals surface area contributed by atoms with Crippen LogP contribution in [0.5, 0.6) is 0 Å². The predicted molar refractivity (Wildman–Crippen MR) is 108 cm³/mol. The Hall–Kier alpha value is -3.16. The van der Waals surface area contributed by atoms with Gasteiger partial charge >= 0.3 is 0 Å². The number of nitriles is 1. The minimum atomic E-state index is -0.379. The molecule has 0 bridgehead atoms. The van der Waals surface area contributed by atoms with E-state index in [9.17, 15) is 10.1 Å².